The summed E-state index contributed by atoms with van der Waals surface area (Å²) >= 11 is 47.5. The van der Waals surface area contributed by atoms with Crippen molar-refractivity contribution in [2.45, 2.75) is 249 Å². The second kappa shape index (κ2) is 40.1. The lowest BCUT2D eigenvalue weighted by Gasteiger charge is -2.67. The summed E-state index contributed by atoms with van der Waals surface area (Å²) in [5.41, 5.74) is -14.6. The first kappa shape index (κ1) is 103. The van der Waals surface area contributed by atoms with E-state index in [2.05, 4.69) is 0 Å². The number of halogens is 8. The molecular weight excluding hydrogens is 1860 g/mol. The van der Waals surface area contributed by atoms with Crippen LogP contribution in [0.5, 0.6) is 0 Å². The number of esters is 11. The van der Waals surface area contributed by atoms with Crippen LogP contribution >= 0.6 is 92.8 Å². The Labute approximate surface area is 782 Å². The first-order chi connectivity index (χ1) is 60.2. The van der Waals surface area contributed by atoms with E-state index < -0.39 is 257 Å². The average molecular weight is 1960 g/mol. The largest absolute Gasteiger partial charge is 0.478 e. The van der Waals surface area contributed by atoms with Crippen LogP contribution in [0.3, 0.4) is 0 Å². The molecule has 129 heavy (non-hydrogen) atoms. The van der Waals surface area contributed by atoms with Crippen LogP contribution in [-0.4, -0.2) is 232 Å². The number of carboxylic acid groups (broad SMARTS) is 1. The Kier molecular flexibility index (Phi) is 31.9. The Morgan fingerprint density at radius 3 is 1.08 bits per heavy atom. The van der Waals surface area contributed by atoms with Gasteiger partial charge in [-0.15, -0.1) is 0 Å². The zero-order valence-electron chi connectivity index (χ0n) is 72.2. The number of ether oxygens (including phenoxy) is 13. The topological polar surface area (TPSA) is 440 Å². The summed E-state index contributed by atoms with van der Waals surface area (Å²) in [4.78, 5) is 180. The van der Waals surface area contributed by atoms with Crippen molar-refractivity contribution >= 4 is 176 Å². The zero-order valence-corrected chi connectivity index (χ0v) is 78.2. The highest BCUT2D eigenvalue weighted by Crippen LogP contribution is 2.68. The van der Waals surface area contributed by atoms with E-state index in [1.54, 1.807) is 80.6 Å². The lowest BCUT2D eigenvalue weighted by molar-refractivity contribution is -0.346. The van der Waals surface area contributed by atoms with Crippen LogP contribution in [0.15, 0.2) is 144 Å². The van der Waals surface area contributed by atoms with Gasteiger partial charge >= 0.3 is 71.6 Å². The highest BCUT2D eigenvalue weighted by Gasteiger charge is 2.82. The average Bonchev–Trinajstić information content (AvgIpc) is 0.670. The minimum absolute atomic E-state index is 0.0137. The minimum atomic E-state index is -2.50. The van der Waals surface area contributed by atoms with Gasteiger partial charge in [0.1, 0.15) is 53.9 Å². The maximum absolute atomic E-state index is 16.0. The Bertz CT molecular complexity index is 5030. The fourth-order valence-electron chi connectivity index (χ4n) is 19.8. The van der Waals surface area contributed by atoms with Crippen LogP contribution in [0.1, 0.15) is 166 Å². The number of carbonyl (C=O) groups excluding carboxylic acids is 13. The van der Waals surface area contributed by atoms with E-state index in [0.717, 1.165) is 26.3 Å². The highest BCUT2D eigenvalue weighted by molar-refractivity contribution is 6.54. The molecule has 39 heteroatoms. The fourth-order valence-corrected chi connectivity index (χ4v) is 20.2. The third-order valence-corrected chi connectivity index (χ3v) is 27.8. The SMILES string of the molecule is CC(=O)O[C@@H](C(=O)O)[C@@H](C)c1ccccc1.CC(=O)O[C@@H](C(=O)OC1C[C@@]2(O)[C@@H](OC(=O)c3ccccc3)[C@@H]3[C@]4(OC(C)=O)CO[C@@H]4C[C@H](OC(=O)C(Cl)Cl)[C@@]3(C)C(=O)[C@H](OC(=O)C(Cl)Cl)C(=C1C)C2(C)C)[C@@H](C)c1ccccc1.CC(=O)O[C@@]12CO[C@@H]1C[C@H](OC(=O)C(Cl)Cl)[C@@]1(C)C(=O)[C@H](OC(=O)C(Cl)Cl)C3=C(C)C(O)C[C@@](O)([C@@H](OC(=O)c4ccccc4)[C@H]21)C3(C)C. The normalized spacial score (nSPS) is 31.1. The van der Waals surface area contributed by atoms with Crippen LogP contribution in [0.4, 0.5) is 0 Å². The van der Waals surface area contributed by atoms with E-state index in [1.807, 2.05) is 30.3 Å². The van der Waals surface area contributed by atoms with Gasteiger partial charge in [0.2, 0.25) is 31.6 Å². The molecular formula is C90H98Cl8O31. The molecule has 4 aromatic carbocycles. The van der Waals surface area contributed by atoms with Gasteiger partial charge in [-0.05, 0) is 85.4 Å². The lowest BCUT2D eigenvalue weighted by Crippen LogP contribution is -2.82. The molecule has 8 aliphatic rings. The molecule has 4 N–H and O–H groups in total. The predicted octanol–water partition coefficient (Wildman–Crippen LogP) is 11.7. The number of aliphatic hydroxyl groups is 3. The van der Waals surface area contributed by atoms with Gasteiger partial charge in [0.15, 0.2) is 35.0 Å². The van der Waals surface area contributed by atoms with Crippen LogP contribution in [0, 0.1) is 33.5 Å². The summed E-state index contributed by atoms with van der Waals surface area (Å²) in [5, 5.41) is 47.4. The molecule has 4 saturated carbocycles. The lowest BCUT2D eigenvalue weighted by atomic mass is 9.44. The van der Waals surface area contributed by atoms with Crippen molar-refractivity contribution in [3.8, 4) is 0 Å². The first-order valence-electron chi connectivity index (χ1n) is 40.8. The maximum atomic E-state index is 16.0. The van der Waals surface area contributed by atoms with Gasteiger partial charge in [-0.1, -0.05) is 231 Å². The quantitative estimate of drug-likeness (QED) is 0.0232. The molecule has 0 amide bonds. The molecule has 22 atom stereocenters. The van der Waals surface area contributed by atoms with Crippen LogP contribution in [-0.2, 0) is 119 Å². The van der Waals surface area contributed by atoms with E-state index in [0.29, 0.717) is 5.56 Å². The van der Waals surface area contributed by atoms with Gasteiger partial charge in [0, 0.05) is 76.0 Å². The Morgan fingerprint density at radius 2 is 0.752 bits per heavy atom. The van der Waals surface area contributed by atoms with Crippen molar-refractivity contribution in [3.05, 3.63) is 166 Å². The second-order valence-electron chi connectivity index (χ2n) is 34.4. The summed E-state index contributed by atoms with van der Waals surface area (Å²) in [6.07, 6.45) is -20.3. The van der Waals surface area contributed by atoms with Crippen molar-refractivity contribution < 1.29 is 149 Å². The molecule has 700 valence electrons. The van der Waals surface area contributed by atoms with E-state index >= 15 is 9.59 Å². The monoisotopic (exact) mass is 1950 g/mol. The fraction of sp³-hybridized carbons (Fsp3) is 0.533. The van der Waals surface area contributed by atoms with Crippen molar-refractivity contribution in [2.24, 2.45) is 33.5 Å². The maximum Gasteiger partial charge on any atom is 0.348 e. The van der Waals surface area contributed by atoms with Crippen LogP contribution in [0.2, 0.25) is 0 Å². The summed E-state index contributed by atoms with van der Waals surface area (Å²) in [7, 11) is 0. The zero-order chi connectivity index (χ0) is 95.8. The summed E-state index contributed by atoms with van der Waals surface area (Å²) in [6.45, 7) is 18.9. The Hall–Kier alpha value is -8.54. The van der Waals surface area contributed by atoms with Gasteiger partial charge in [-0.2, -0.15) is 0 Å². The second-order valence-corrected chi connectivity index (χ2v) is 38.8. The van der Waals surface area contributed by atoms with E-state index in [9.17, 15) is 72.9 Å². The van der Waals surface area contributed by atoms with E-state index in [4.69, 9.17) is 159 Å². The molecule has 0 spiro atoms. The molecule has 31 nitrogen and oxygen atoms in total. The van der Waals surface area contributed by atoms with Crippen LogP contribution < -0.4 is 0 Å². The molecule has 2 heterocycles. The number of alkyl halides is 8. The number of hydrogen-bond acceptors (Lipinski definition) is 30. The molecule has 4 aromatic rings. The highest BCUT2D eigenvalue weighted by atomic mass is 35.5. The van der Waals surface area contributed by atoms with E-state index in [1.165, 1.54) is 86.6 Å². The number of carboxylic acids is 1. The smallest absolute Gasteiger partial charge is 0.348 e. The minimum Gasteiger partial charge on any atom is -0.478 e. The Balaban J connectivity index is 0.000000234. The number of hydrogen-bond donors (Lipinski definition) is 4. The number of fused-ring (bicyclic) bond motifs is 10. The molecule has 2 aliphatic heterocycles. The van der Waals surface area contributed by atoms with Crippen molar-refractivity contribution in [1.29, 1.82) is 0 Å². The molecule has 6 fully saturated rings. The molecule has 6 aliphatic carbocycles. The third-order valence-electron chi connectivity index (χ3n) is 26.3. The number of ketones is 2. The molecule has 12 rings (SSSR count). The third kappa shape index (κ3) is 19.7. The molecule has 2 saturated heterocycles. The van der Waals surface area contributed by atoms with Gasteiger partial charge in [-0.25, -0.2) is 38.4 Å². The predicted molar refractivity (Wildman–Crippen MR) is 460 cm³/mol. The van der Waals surface area contributed by atoms with Gasteiger partial charge in [0.25, 0.3) is 0 Å². The number of carbonyl (C=O) groups is 14. The number of benzene rings is 4. The molecule has 2 unspecified atom stereocenters. The summed E-state index contributed by atoms with van der Waals surface area (Å²) in [6, 6.07) is 33.3. The molecule has 0 aromatic heterocycles. The van der Waals surface area contributed by atoms with Crippen molar-refractivity contribution in [1.82, 2.24) is 0 Å². The van der Waals surface area contributed by atoms with E-state index in [-0.39, 0.29) is 58.8 Å². The molecule has 0 radical (unpaired) electrons. The van der Waals surface area contributed by atoms with Gasteiger partial charge < -0.3 is 82.0 Å². The van der Waals surface area contributed by atoms with Crippen molar-refractivity contribution in [2.75, 3.05) is 13.2 Å². The number of Topliss-reactive ketones (excluding diaryl/α,β-unsaturated/α-hetero) is 2. The van der Waals surface area contributed by atoms with Gasteiger partial charge in [-0.3, -0.25) is 28.8 Å². The summed E-state index contributed by atoms with van der Waals surface area (Å²) < 4.78 is 76.4. The number of rotatable bonds is 23. The first-order valence-corrected chi connectivity index (χ1v) is 44.3. The van der Waals surface area contributed by atoms with Crippen LogP contribution in [0.25, 0.3) is 0 Å². The Morgan fingerprint density at radius 1 is 0.426 bits per heavy atom. The number of aliphatic carboxylic acids is 1. The van der Waals surface area contributed by atoms with Crippen molar-refractivity contribution in [3.63, 3.8) is 0 Å². The van der Waals surface area contributed by atoms with Gasteiger partial charge in [0.05, 0.1) is 53.1 Å². The molecule has 4 bridgehead atoms. The summed E-state index contributed by atoms with van der Waals surface area (Å²) in [5.74, 6) is -18.3. The standard InChI is InChI=1S/C45H48Cl4O15.C33H36Cl4O12.C12H14O4/c1-21(25-14-10-8-11-15-25)31(59-23(3)50)39(54)60-27-19-45(57)35(63-38(53)26-16-12-9-13-17-26)33-43(7,34(52)32(62-41(56)37(48)49)30(22(27)2)42(45,5)6)28(61-40(55)36(46)47)18-29-44(33,20-58-29)64-24(4)51;1-14-17(39)12-33(44)24(48-27(41)16-9-7-6-8-10-16)22-31(5,23(40)21(20(14)30(33,3)4)47-29(43)26(36)37)18(46-28(42)25(34)35)11-19-32(22,13-45-19)49-15(2)38;1-8(10-6-4-3-5-7-10)11(12(14)15)16-9(2)13/h8-17,21,27-29,31-33,35-37,57H,18-20H2,1-7H3;6-10,17-19,21-22,24-26,39,44H,11-13H2,1-5H3;3-8,11H,1-2H3,(H,14,15)/t21-,27?,28-,29+,31+,32+,33-,35-,43+,44-,45+;17?,18-,19+,21+,22-,24-,31+,32-,33+;8-,11+/m000/s1. The number of aliphatic hydroxyl groups excluding tert-OH is 1.